The second-order valence-electron chi connectivity index (χ2n) is 3.51. The minimum atomic E-state index is -0.861. The van der Waals surface area contributed by atoms with Crippen LogP contribution < -0.4 is 5.32 Å². The molecular weight excluding hydrogens is 234 g/mol. The molecule has 0 atom stereocenters. The van der Waals surface area contributed by atoms with E-state index in [1.807, 2.05) is 30.3 Å². The Labute approximate surface area is 106 Å². The van der Waals surface area contributed by atoms with Gasteiger partial charge in [0.15, 0.2) is 0 Å². The van der Waals surface area contributed by atoms with Crippen LogP contribution in [0.25, 0.3) is 0 Å². The summed E-state index contributed by atoms with van der Waals surface area (Å²) in [5.41, 5.74) is 1.06. The number of benzene rings is 1. The maximum atomic E-state index is 11.1. The van der Waals surface area contributed by atoms with Crippen molar-refractivity contribution in [3.8, 4) is 0 Å². The summed E-state index contributed by atoms with van der Waals surface area (Å²) in [6.45, 7) is 2.95. The zero-order valence-corrected chi connectivity index (χ0v) is 10.3. The molecule has 1 N–H and O–H groups in total. The summed E-state index contributed by atoms with van der Waals surface area (Å²) < 4.78 is 9.88. The van der Waals surface area contributed by atoms with Gasteiger partial charge >= 0.3 is 11.9 Å². The standard InChI is InChI=1S/C13H17NO4/c1-2-18-13(16)12(15)14-8-9-17-10-11-6-4-3-5-7-11/h3-7H,2,8-10H2,1H3,(H,14,15). The molecule has 0 bridgehead atoms. The van der Waals surface area contributed by atoms with Gasteiger partial charge < -0.3 is 14.8 Å². The van der Waals surface area contributed by atoms with E-state index in [-0.39, 0.29) is 13.2 Å². The van der Waals surface area contributed by atoms with Crippen LogP contribution in [0.3, 0.4) is 0 Å². The molecule has 0 spiro atoms. The first-order chi connectivity index (χ1) is 8.74. The van der Waals surface area contributed by atoms with Crippen molar-refractivity contribution in [2.45, 2.75) is 13.5 Å². The van der Waals surface area contributed by atoms with Gasteiger partial charge in [0.25, 0.3) is 0 Å². The van der Waals surface area contributed by atoms with Crippen molar-refractivity contribution in [1.29, 1.82) is 0 Å². The highest BCUT2D eigenvalue weighted by molar-refractivity contribution is 6.32. The number of carbonyl (C=O) groups excluding carboxylic acids is 2. The normalized spacial score (nSPS) is 9.83. The molecule has 18 heavy (non-hydrogen) atoms. The van der Waals surface area contributed by atoms with Crippen LogP contribution in [0.5, 0.6) is 0 Å². The highest BCUT2D eigenvalue weighted by atomic mass is 16.5. The van der Waals surface area contributed by atoms with Crippen molar-refractivity contribution in [3.05, 3.63) is 35.9 Å². The lowest BCUT2D eigenvalue weighted by atomic mass is 10.2. The molecule has 0 fully saturated rings. The predicted molar refractivity (Wildman–Crippen MR) is 65.7 cm³/mol. The summed E-state index contributed by atoms with van der Waals surface area (Å²) >= 11 is 0. The van der Waals surface area contributed by atoms with Gasteiger partial charge in [-0.05, 0) is 12.5 Å². The summed E-state index contributed by atoms with van der Waals surface area (Å²) in [5.74, 6) is -1.60. The number of rotatable bonds is 6. The van der Waals surface area contributed by atoms with Crippen LogP contribution in [0.2, 0.25) is 0 Å². The third-order valence-electron chi connectivity index (χ3n) is 2.10. The minimum absolute atomic E-state index is 0.191. The monoisotopic (exact) mass is 251 g/mol. The van der Waals surface area contributed by atoms with Gasteiger partial charge in [-0.25, -0.2) is 4.79 Å². The molecule has 0 aliphatic carbocycles. The van der Waals surface area contributed by atoms with Gasteiger partial charge in [0.2, 0.25) is 0 Å². The third kappa shape index (κ3) is 5.45. The summed E-state index contributed by atoms with van der Waals surface area (Å²) in [6.07, 6.45) is 0. The molecule has 0 aliphatic heterocycles. The maximum Gasteiger partial charge on any atom is 0.396 e. The van der Waals surface area contributed by atoms with E-state index in [0.29, 0.717) is 13.2 Å². The number of carbonyl (C=O) groups is 2. The third-order valence-corrected chi connectivity index (χ3v) is 2.10. The van der Waals surface area contributed by atoms with E-state index >= 15 is 0 Å². The van der Waals surface area contributed by atoms with Crippen molar-refractivity contribution < 1.29 is 19.1 Å². The molecule has 5 heteroatoms. The fraction of sp³-hybridized carbons (Fsp3) is 0.385. The number of amides is 1. The first-order valence-corrected chi connectivity index (χ1v) is 5.80. The van der Waals surface area contributed by atoms with Crippen LogP contribution in [0.15, 0.2) is 30.3 Å². The molecule has 1 amide bonds. The van der Waals surface area contributed by atoms with Crippen molar-refractivity contribution in [2.24, 2.45) is 0 Å². The zero-order chi connectivity index (χ0) is 13.2. The Morgan fingerprint density at radius 1 is 1.22 bits per heavy atom. The fourth-order valence-electron chi connectivity index (χ4n) is 1.27. The summed E-state index contributed by atoms with van der Waals surface area (Å²) in [6, 6.07) is 9.71. The van der Waals surface area contributed by atoms with Gasteiger partial charge in [-0.2, -0.15) is 0 Å². The lowest BCUT2D eigenvalue weighted by Crippen LogP contribution is -2.34. The highest BCUT2D eigenvalue weighted by Crippen LogP contribution is 1.99. The molecule has 0 saturated carbocycles. The van der Waals surface area contributed by atoms with Gasteiger partial charge in [-0.15, -0.1) is 0 Å². The van der Waals surface area contributed by atoms with Crippen molar-refractivity contribution in [2.75, 3.05) is 19.8 Å². The lowest BCUT2D eigenvalue weighted by Gasteiger charge is -2.06. The van der Waals surface area contributed by atoms with Crippen LogP contribution >= 0.6 is 0 Å². The molecule has 0 heterocycles. The van der Waals surface area contributed by atoms with E-state index in [2.05, 4.69) is 10.1 Å². The number of nitrogens with one attached hydrogen (secondary N) is 1. The molecule has 98 valence electrons. The Bertz CT molecular complexity index is 378. The molecule has 0 radical (unpaired) electrons. The van der Waals surface area contributed by atoms with Crippen molar-refractivity contribution in [3.63, 3.8) is 0 Å². The molecule has 1 rings (SSSR count). The zero-order valence-electron chi connectivity index (χ0n) is 10.3. The van der Waals surface area contributed by atoms with Crippen LogP contribution in [0, 0.1) is 0 Å². The van der Waals surface area contributed by atoms with E-state index < -0.39 is 11.9 Å². The minimum Gasteiger partial charge on any atom is -0.459 e. The molecule has 0 aromatic heterocycles. The van der Waals surface area contributed by atoms with E-state index in [1.54, 1.807) is 6.92 Å². The average molecular weight is 251 g/mol. The predicted octanol–water partition coefficient (Wildman–Crippen LogP) is 0.882. The van der Waals surface area contributed by atoms with Gasteiger partial charge in [0, 0.05) is 6.54 Å². The molecule has 1 aromatic carbocycles. The summed E-state index contributed by atoms with van der Waals surface area (Å²) in [5, 5.41) is 2.42. The van der Waals surface area contributed by atoms with Crippen LogP contribution in [0.1, 0.15) is 12.5 Å². The molecule has 0 saturated heterocycles. The van der Waals surface area contributed by atoms with Crippen molar-refractivity contribution in [1.82, 2.24) is 5.32 Å². The Morgan fingerprint density at radius 3 is 2.61 bits per heavy atom. The molecule has 1 aromatic rings. The fourth-order valence-corrected chi connectivity index (χ4v) is 1.27. The highest BCUT2D eigenvalue weighted by Gasteiger charge is 2.12. The topological polar surface area (TPSA) is 64.6 Å². The number of ether oxygens (including phenoxy) is 2. The Balaban J connectivity index is 2.09. The SMILES string of the molecule is CCOC(=O)C(=O)NCCOCc1ccccc1. The van der Waals surface area contributed by atoms with E-state index in [4.69, 9.17) is 4.74 Å². The lowest BCUT2D eigenvalue weighted by molar-refractivity contribution is -0.154. The Kier molecular flexibility index (Phi) is 6.50. The average Bonchev–Trinajstić information content (AvgIpc) is 2.39. The molecule has 0 aliphatic rings. The number of hydrogen-bond donors (Lipinski definition) is 1. The molecule has 5 nitrogen and oxygen atoms in total. The van der Waals surface area contributed by atoms with Gasteiger partial charge in [0.1, 0.15) is 0 Å². The van der Waals surface area contributed by atoms with Crippen molar-refractivity contribution >= 4 is 11.9 Å². The first kappa shape index (κ1) is 14.2. The Morgan fingerprint density at radius 2 is 1.94 bits per heavy atom. The van der Waals surface area contributed by atoms with E-state index in [1.165, 1.54) is 0 Å². The number of hydrogen-bond acceptors (Lipinski definition) is 4. The van der Waals surface area contributed by atoms with E-state index in [9.17, 15) is 9.59 Å². The van der Waals surface area contributed by atoms with Gasteiger partial charge in [-0.1, -0.05) is 30.3 Å². The summed E-state index contributed by atoms with van der Waals surface area (Å²) in [7, 11) is 0. The van der Waals surface area contributed by atoms with Crippen LogP contribution in [-0.4, -0.2) is 31.6 Å². The second-order valence-corrected chi connectivity index (χ2v) is 3.51. The first-order valence-electron chi connectivity index (χ1n) is 5.80. The summed E-state index contributed by atoms with van der Waals surface area (Å²) in [4.78, 5) is 22.1. The maximum absolute atomic E-state index is 11.1. The number of esters is 1. The van der Waals surface area contributed by atoms with Crippen LogP contribution in [-0.2, 0) is 25.7 Å². The van der Waals surface area contributed by atoms with Gasteiger partial charge in [0.05, 0.1) is 19.8 Å². The second kappa shape index (κ2) is 8.25. The molecule has 0 unspecified atom stereocenters. The van der Waals surface area contributed by atoms with E-state index in [0.717, 1.165) is 5.56 Å². The molecular formula is C13H17NO4. The van der Waals surface area contributed by atoms with Crippen LogP contribution in [0.4, 0.5) is 0 Å². The van der Waals surface area contributed by atoms with Gasteiger partial charge in [-0.3, -0.25) is 4.79 Å². The smallest absolute Gasteiger partial charge is 0.396 e. The Hall–Kier alpha value is -1.88. The quantitative estimate of drug-likeness (QED) is 0.463. The largest absolute Gasteiger partial charge is 0.459 e.